The van der Waals surface area contributed by atoms with E-state index >= 15 is 0 Å². The third-order valence-electron chi connectivity index (χ3n) is 4.59. The lowest BCUT2D eigenvalue weighted by atomic mass is 10.0. The summed E-state index contributed by atoms with van der Waals surface area (Å²) >= 11 is 0. The van der Waals surface area contributed by atoms with Gasteiger partial charge in [0, 0.05) is 32.2 Å². The van der Waals surface area contributed by atoms with E-state index in [2.05, 4.69) is 10.2 Å². The van der Waals surface area contributed by atoms with Crippen molar-refractivity contribution in [3.05, 3.63) is 24.3 Å². The Balaban J connectivity index is 1.64. The average Bonchev–Trinajstić information content (AvgIpc) is 3.30. The molecular formula is C16H21N3O2. The maximum Gasteiger partial charge on any atom is 0.244 e. The number of rotatable bonds is 2. The highest BCUT2D eigenvalue weighted by molar-refractivity contribution is 5.99. The van der Waals surface area contributed by atoms with Crippen LogP contribution in [0, 0.1) is 0 Å². The Kier molecular flexibility index (Phi) is 3.31. The number of piperazine rings is 1. The van der Waals surface area contributed by atoms with E-state index in [4.69, 9.17) is 4.74 Å². The molecular weight excluding hydrogens is 266 g/mol. The van der Waals surface area contributed by atoms with E-state index in [1.807, 2.05) is 29.2 Å². The van der Waals surface area contributed by atoms with Gasteiger partial charge in [0.15, 0.2) is 0 Å². The van der Waals surface area contributed by atoms with Crippen LogP contribution < -0.4 is 15.0 Å². The molecule has 0 aromatic heterocycles. The van der Waals surface area contributed by atoms with Gasteiger partial charge in [0.1, 0.15) is 5.75 Å². The van der Waals surface area contributed by atoms with Crippen LogP contribution in [0.5, 0.6) is 5.75 Å². The fraction of sp³-hybridized carbons (Fsp3) is 0.562. The molecule has 3 heterocycles. The zero-order valence-electron chi connectivity index (χ0n) is 12.1. The first-order valence-electron chi connectivity index (χ1n) is 7.83. The van der Waals surface area contributed by atoms with Gasteiger partial charge in [-0.3, -0.25) is 9.69 Å². The number of benzene rings is 1. The molecule has 5 heteroatoms. The summed E-state index contributed by atoms with van der Waals surface area (Å²) in [5, 5.41) is 3.34. The lowest BCUT2D eigenvalue weighted by Gasteiger charge is -2.40. The Morgan fingerprint density at radius 1 is 1.29 bits per heavy atom. The summed E-state index contributed by atoms with van der Waals surface area (Å²) in [6.45, 7) is 4.47. The lowest BCUT2D eigenvalue weighted by Crippen LogP contribution is -2.58. The molecule has 1 N–H and O–H groups in total. The van der Waals surface area contributed by atoms with Crippen molar-refractivity contribution in [3.63, 3.8) is 0 Å². The molecule has 1 aromatic rings. The molecule has 1 aromatic carbocycles. The summed E-state index contributed by atoms with van der Waals surface area (Å²) in [5.74, 6) is 1.07. The van der Waals surface area contributed by atoms with Crippen LogP contribution in [0.1, 0.15) is 12.8 Å². The minimum Gasteiger partial charge on any atom is -0.491 e. The fourth-order valence-electron chi connectivity index (χ4n) is 3.35. The maximum absolute atomic E-state index is 12.9. The van der Waals surface area contributed by atoms with Crippen molar-refractivity contribution < 1.29 is 9.53 Å². The zero-order valence-corrected chi connectivity index (χ0v) is 12.1. The number of hydrogen-bond acceptors (Lipinski definition) is 4. The number of carbonyl (C=O) groups excluding carboxylic acids is 1. The number of nitrogens with one attached hydrogen (secondary N) is 1. The number of carbonyl (C=O) groups is 1. The minimum atomic E-state index is 0.0101. The van der Waals surface area contributed by atoms with E-state index in [0.29, 0.717) is 12.6 Å². The molecule has 2 atom stereocenters. The van der Waals surface area contributed by atoms with Crippen LogP contribution in [0.3, 0.4) is 0 Å². The Hall–Kier alpha value is -1.59. The van der Waals surface area contributed by atoms with Crippen LogP contribution in [-0.2, 0) is 4.79 Å². The van der Waals surface area contributed by atoms with Crippen molar-refractivity contribution in [2.45, 2.75) is 24.9 Å². The predicted molar refractivity (Wildman–Crippen MR) is 80.7 cm³/mol. The third-order valence-corrected chi connectivity index (χ3v) is 4.59. The normalized spacial score (nSPS) is 29.0. The number of fused-ring (bicyclic) bond motifs is 4. The molecule has 0 aliphatic carbocycles. The smallest absolute Gasteiger partial charge is 0.244 e. The van der Waals surface area contributed by atoms with Crippen molar-refractivity contribution in [3.8, 4) is 5.75 Å². The molecule has 4 rings (SSSR count). The molecule has 2 unspecified atom stereocenters. The molecule has 2 bridgehead atoms. The molecule has 3 aliphatic rings. The first-order chi connectivity index (χ1) is 10.3. The van der Waals surface area contributed by atoms with E-state index in [-0.39, 0.29) is 11.9 Å². The van der Waals surface area contributed by atoms with Gasteiger partial charge in [0.05, 0.1) is 18.3 Å². The van der Waals surface area contributed by atoms with Crippen LogP contribution in [0.15, 0.2) is 24.3 Å². The molecule has 0 radical (unpaired) electrons. The van der Waals surface area contributed by atoms with Crippen molar-refractivity contribution in [2.24, 2.45) is 0 Å². The number of para-hydroxylation sites is 2. The van der Waals surface area contributed by atoms with E-state index in [1.54, 1.807) is 0 Å². The topological polar surface area (TPSA) is 54.7 Å². The zero-order chi connectivity index (χ0) is 14.2. The van der Waals surface area contributed by atoms with Crippen LogP contribution in [0.2, 0.25) is 0 Å². The monoisotopic (exact) mass is 287 g/mol. The SMILES string of the molecule is O=C1C2CCCOc3ccccc3N1CCN2CC1CN1. The van der Waals surface area contributed by atoms with E-state index in [0.717, 1.165) is 50.5 Å². The summed E-state index contributed by atoms with van der Waals surface area (Å²) in [4.78, 5) is 17.2. The highest BCUT2D eigenvalue weighted by Gasteiger charge is 2.38. The van der Waals surface area contributed by atoms with Crippen molar-refractivity contribution >= 4 is 11.6 Å². The first kappa shape index (κ1) is 13.1. The summed E-state index contributed by atoms with van der Waals surface area (Å²) in [5.41, 5.74) is 0.929. The molecule has 3 aliphatic heterocycles. The van der Waals surface area contributed by atoms with Gasteiger partial charge in [-0.05, 0) is 25.0 Å². The summed E-state index contributed by atoms with van der Waals surface area (Å²) in [7, 11) is 0. The second-order valence-corrected chi connectivity index (χ2v) is 6.06. The second-order valence-electron chi connectivity index (χ2n) is 6.06. The molecule has 1 amide bonds. The number of amides is 1. The highest BCUT2D eigenvalue weighted by atomic mass is 16.5. The number of anilines is 1. The summed E-state index contributed by atoms with van der Waals surface area (Å²) in [6, 6.07) is 8.49. The Labute approximate surface area is 124 Å². The standard InChI is InChI=1S/C16H21N3O2/c20-16-14-5-3-9-21-15-6-2-1-4-13(15)19(16)8-7-18(14)11-12-10-17-12/h1-2,4,6,12,14,17H,3,5,7-11H2. The van der Waals surface area contributed by atoms with Gasteiger partial charge in [-0.1, -0.05) is 12.1 Å². The first-order valence-corrected chi connectivity index (χ1v) is 7.83. The van der Waals surface area contributed by atoms with Gasteiger partial charge in [0.2, 0.25) is 5.91 Å². The van der Waals surface area contributed by atoms with Gasteiger partial charge >= 0.3 is 0 Å². The third kappa shape index (κ3) is 2.51. The van der Waals surface area contributed by atoms with Crippen molar-refractivity contribution in [2.75, 3.05) is 37.7 Å². The van der Waals surface area contributed by atoms with Crippen molar-refractivity contribution in [1.82, 2.24) is 10.2 Å². The van der Waals surface area contributed by atoms with Crippen molar-refractivity contribution in [1.29, 1.82) is 0 Å². The van der Waals surface area contributed by atoms with Crippen LogP contribution >= 0.6 is 0 Å². The van der Waals surface area contributed by atoms with Gasteiger partial charge in [-0.25, -0.2) is 0 Å². The predicted octanol–water partition coefficient (Wildman–Crippen LogP) is 0.848. The Morgan fingerprint density at radius 2 is 2.14 bits per heavy atom. The number of ether oxygens (including phenoxy) is 1. The Morgan fingerprint density at radius 3 is 3.00 bits per heavy atom. The minimum absolute atomic E-state index is 0.0101. The molecule has 0 spiro atoms. The van der Waals surface area contributed by atoms with Crippen LogP contribution in [0.4, 0.5) is 5.69 Å². The number of nitrogens with zero attached hydrogens (tertiary/aromatic N) is 2. The van der Waals surface area contributed by atoms with E-state index in [9.17, 15) is 4.79 Å². The van der Waals surface area contributed by atoms with Gasteiger partial charge in [-0.15, -0.1) is 0 Å². The molecule has 0 saturated carbocycles. The van der Waals surface area contributed by atoms with Gasteiger partial charge in [0.25, 0.3) is 0 Å². The van der Waals surface area contributed by atoms with E-state index in [1.165, 1.54) is 0 Å². The molecule has 2 fully saturated rings. The molecule has 5 nitrogen and oxygen atoms in total. The quantitative estimate of drug-likeness (QED) is 0.819. The molecule has 21 heavy (non-hydrogen) atoms. The van der Waals surface area contributed by atoms with E-state index < -0.39 is 0 Å². The van der Waals surface area contributed by atoms with Crippen LogP contribution in [0.25, 0.3) is 0 Å². The lowest BCUT2D eigenvalue weighted by molar-refractivity contribution is -0.126. The van der Waals surface area contributed by atoms with Gasteiger partial charge in [-0.2, -0.15) is 0 Å². The summed E-state index contributed by atoms with van der Waals surface area (Å²) < 4.78 is 5.87. The van der Waals surface area contributed by atoms with Crippen LogP contribution in [-0.4, -0.2) is 55.7 Å². The van der Waals surface area contributed by atoms with Gasteiger partial charge < -0.3 is 15.0 Å². The second kappa shape index (κ2) is 5.31. The number of hydrogen-bond donors (Lipinski definition) is 1. The Bertz CT molecular complexity index is 544. The molecule has 2 saturated heterocycles. The highest BCUT2D eigenvalue weighted by Crippen LogP contribution is 2.32. The largest absolute Gasteiger partial charge is 0.491 e. The maximum atomic E-state index is 12.9. The fourth-order valence-corrected chi connectivity index (χ4v) is 3.35. The summed E-state index contributed by atoms with van der Waals surface area (Å²) in [6.07, 6.45) is 1.81. The molecule has 112 valence electrons. The average molecular weight is 287 g/mol.